The lowest BCUT2D eigenvalue weighted by Crippen LogP contribution is -1.99. The summed E-state index contributed by atoms with van der Waals surface area (Å²) in [6.07, 6.45) is 5.03. The summed E-state index contributed by atoms with van der Waals surface area (Å²) in [4.78, 5) is 12.2. The Bertz CT molecular complexity index is 867. The first-order valence-electron chi connectivity index (χ1n) is 8.18. The quantitative estimate of drug-likeness (QED) is 0.466. The van der Waals surface area contributed by atoms with Gasteiger partial charge in [-0.05, 0) is 50.7 Å². The van der Waals surface area contributed by atoms with Crippen LogP contribution in [0.1, 0.15) is 40.2 Å². The van der Waals surface area contributed by atoms with Gasteiger partial charge in [0.2, 0.25) is 0 Å². The van der Waals surface area contributed by atoms with Gasteiger partial charge < -0.3 is 0 Å². The first-order valence-corrected chi connectivity index (χ1v) is 9.98. The van der Waals surface area contributed by atoms with Crippen molar-refractivity contribution in [2.75, 3.05) is 0 Å². The Kier molecular flexibility index (Phi) is 4.12. The van der Waals surface area contributed by atoms with Crippen molar-refractivity contribution < 1.29 is 0 Å². The number of nitrogens with zero attached hydrogens (tertiary/aromatic N) is 2. The van der Waals surface area contributed by atoms with Crippen LogP contribution in [-0.4, -0.2) is 9.97 Å². The van der Waals surface area contributed by atoms with Crippen LogP contribution in [0.25, 0.3) is 10.2 Å². The Morgan fingerprint density at radius 3 is 2.87 bits per heavy atom. The van der Waals surface area contributed by atoms with Gasteiger partial charge >= 0.3 is 0 Å². The van der Waals surface area contributed by atoms with Crippen LogP contribution in [0, 0.1) is 13.8 Å². The Morgan fingerprint density at radius 2 is 2.00 bits per heavy atom. The van der Waals surface area contributed by atoms with E-state index in [4.69, 9.17) is 9.97 Å². The smallest absolute Gasteiger partial charge is 0.128 e. The van der Waals surface area contributed by atoms with Gasteiger partial charge in [0.1, 0.15) is 15.7 Å². The lowest BCUT2D eigenvalue weighted by Gasteiger charge is -2.12. The molecule has 23 heavy (non-hydrogen) atoms. The van der Waals surface area contributed by atoms with Crippen molar-refractivity contribution in [1.29, 1.82) is 0 Å². The maximum atomic E-state index is 4.78. The van der Waals surface area contributed by atoms with Crippen LogP contribution in [0.4, 0.5) is 0 Å². The lowest BCUT2D eigenvalue weighted by atomic mass is 9.97. The zero-order valence-corrected chi connectivity index (χ0v) is 15.2. The summed E-state index contributed by atoms with van der Waals surface area (Å²) < 4.78 is 0. The van der Waals surface area contributed by atoms with E-state index in [2.05, 4.69) is 31.2 Å². The van der Waals surface area contributed by atoms with Crippen molar-refractivity contribution in [2.24, 2.45) is 0 Å². The van der Waals surface area contributed by atoms with Crippen LogP contribution in [0.2, 0.25) is 0 Å². The molecule has 1 aliphatic rings. The highest BCUT2D eigenvalue weighted by Crippen LogP contribution is 2.40. The molecule has 0 bridgehead atoms. The molecule has 2 nitrogen and oxygen atoms in total. The molecule has 0 spiro atoms. The molecule has 1 aromatic carbocycles. The molecule has 2 aromatic heterocycles. The van der Waals surface area contributed by atoms with E-state index in [1.165, 1.54) is 57.6 Å². The molecule has 0 atom stereocenters. The number of aromatic nitrogens is 2. The molecule has 0 N–H and O–H groups in total. The molecule has 4 rings (SSSR count). The van der Waals surface area contributed by atoms with Crippen LogP contribution in [0.15, 0.2) is 29.3 Å². The fourth-order valence-electron chi connectivity index (χ4n) is 3.28. The Morgan fingerprint density at radius 1 is 1.13 bits per heavy atom. The minimum atomic E-state index is 0.892. The summed E-state index contributed by atoms with van der Waals surface area (Å²) in [6.45, 7) is 4.16. The first-order chi connectivity index (χ1) is 11.2. The molecule has 0 amide bonds. The minimum Gasteiger partial charge on any atom is -0.226 e. The Hall–Kier alpha value is -1.39. The Balaban J connectivity index is 1.72. The van der Waals surface area contributed by atoms with E-state index in [9.17, 15) is 0 Å². The second kappa shape index (κ2) is 6.25. The zero-order valence-electron chi connectivity index (χ0n) is 13.6. The third kappa shape index (κ3) is 3.02. The zero-order chi connectivity index (χ0) is 15.8. The first kappa shape index (κ1) is 15.2. The van der Waals surface area contributed by atoms with Crippen LogP contribution in [0.3, 0.4) is 0 Å². The van der Waals surface area contributed by atoms with Gasteiger partial charge in [-0.15, -0.1) is 23.1 Å². The summed E-state index contributed by atoms with van der Waals surface area (Å²) in [6, 6.07) is 8.75. The van der Waals surface area contributed by atoms with E-state index >= 15 is 0 Å². The standard InChI is InChI=1S/C19H20N2S2/c1-12-6-5-7-14(10-12)11-22-18-17-15-8-3-4-9-16(15)23-19(17)21-13(2)20-18/h5-7,10H,3-4,8-9,11H2,1-2H3. The number of hydrogen-bond acceptors (Lipinski definition) is 4. The van der Waals surface area contributed by atoms with Crippen LogP contribution < -0.4 is 0 Å². The fraction of sp³-hybridized carbons (Fsp3) is 0.368. The highest BCUT2D eigenvalue weighted by molar-refractivity contribution is 7.98. The molecule has 2 heterocycles. The molecule has 0 aliphatic heterocycles. The van der Waals surface area contributed by atoms with Gasteiger partial charge in [0, 0.05) is 16.0 Å². The van der Waals surface area contributed by atoms with Crippen molar-refractivity contribution in [3.05, 3.63) is 51.7 Å². The van der Waals surface area contributed by atoms with Gasteiger partial charge in [-0.25, -0.2) is 9.97 Å². The molecule has 3 aromatic rings. The summed E-state index contributed by atoms with van der Waals surface area (Å²) in [7, 11) is 0. The highest BCUT2D eigenvalue weighted by atomic mass is 32.2. The highest BCUT2D eigenvalue weighted by Gasteiger charge is 2.20. The van der Waals surface area contributed by atoms with Crippen LogP contribution >= 0.6 is 23.1 Å². The average molecular weight is 341 g/mol. The van der Waals surface area contributed by atoms with Crippen LogP contribution in [-0.2, 0) is 18.6 Å². The summed E-state index contributed by atoms with van der Waals surface area (Å²) in [5.74, 6) is 1.86. The van der Waals surface area contributed by atoms with E-state index in [1.54, 1.807) is 4.88 Å². The van der Waals surface area contributed by atoms with E-state index in [0.717, 1.165) is 11.6 Å². The molecule has 118 valence electrons. The minimum absolute atomic E-state index is 0.892. The van der Waals surface area contributed by atoms with Crippen molar-refractivity contribution >= 4 is 33.3 Å². The largest absolute Gasteiger partial charge is 0.226 e. The molecular weight excluding hydrogens is 320 g/mol. The van der Waals surface area contributed by atoms with Gasteiger partial charge in [-0.1, -0.05) is 29.8 Å². The SMILES string of the molecule is Cc1cccc(CSc2nc(C)nc3sc4c(c23)CCCC4)c1. The van der Waals surface area contributed by atoms with Gasteiger partial charge in [-0.3, -0.25) is 0 Å². The van der Waals surface area contributed by atoms with Crippen molar-refractivity contribution in [3.63, 3.8) is 0 Å². The molecule has 0 saturated heterocycles. The molecular formula is C19H20N2S2. The summed E-state index contributed by atoms with van der Waals surface area (Å²) >= 11 is 3.75. The third-order valence-corrected chi connectivity index (χ3v) is 6.58. The van der Waals surface area contributed by atoms with E-state index < -0.39 is 0 Å². The van der Waals surface area contributed by atoms with E-state index in [1.807, 2.05) is 30.0 Å². The van der Waals surface area contributed by atoms with Gasteiger partial charge in [0.15, 0.2) is 0 Å². The molecule has 0 saturated carbocycles. The van der Waals surface area contributed by atoms with Gasteiger partial charge in [0.05, 0.1) is 0 Å². The number of thioether (sulfide) groups is 1. The monoisotopic (exact) mass is 340 g/mol. The maximum absolute atomic E-state index is 4.78. The summed E-state index contributed by atoms with van der Waals surface area (Å²) in [5, 5.41) is 2.52. The van der Waals surface area contributed by atoms with Crippen molar-refractivity contribution in [2.45, 2.75) is 50.3 Å². The number of thiophene rings is 1. The lowest BCUT2D eigenvalue weighted by molar-refractivity contribution is 0.699. The van der Waals surface area contributed by atoms with E-state index in [0.29, 0.717) is 0 Å². The topological polar surface area (TPSA) is 25.8 Å². The average Bonchev–Trinajstić information content (AvgIpc) is 2.90. The summed E-state index contributed by atoms with van der Waals surface area (Å²) in [5.41, 5.74) is 4.21. The van der Waals surface area contributed by atoms with Crippen LogP contribution in [0.5, 0.6) is 0 Å². The molecule has 1 aliphatic carbocycles. The predicted octanol–water partition coefficient (Wildman–Crippen LogP) is 5.48. The van der Waals surface area contributed by atoms with E-state index in [-0.39, 0.29) is 0 Å². The molecule has 0 fully saturated rings. The van der Waals surface area contributed by atoms with Gasteiger partial charge in [-0.2, -0.15) is 0 Å². The maximum Gasteiger partial charge on any atom is 0.128 e. The molecule has 0 unspecified atom stereocenters. The fourth-order valence-corrected chi connectivity index (χ4v) is 5.70. The van der Waals surface area contributed by atoms with Crippen molar-refractivity contribution in [3.8, 4) is 0 Å². The number of hydrogen-bond donors (Lipinski definition) is 0. The second-order valence-electron chi connectivity index (χ2n) is 6.24. The third-order valence-electron chi connectivity index (χ3n) is 4.35. The number of benzene rings is 1. The Labute approximate surface area is 145 Å². The van der Waals surface area contributed by atoms with Crippen molar-refractivity contribution in [1.82, 2.24) is 9.97 Å². The number of fused-ring (bicyclic) bond motifs is 3. The van der Waals surface area contributed by atoms with Gasteiger partial charge in [0.25, 0.3) is 0 Å². The molecule has 4 heteroatoms. The predicted molar refractivity (Wildman–Crippen MR) is 99.5 cm³/mol. The normalized spacial score (nSPS) is 14.2. The molecule has 0 radical (unpaired) electrons. The second-order valence-corrected chi connectivity index (χ2v) is 8.29. The number of aryl methyl sites for hydroxylation is 4. The number of rotatable bonds is 3.